The van der Waals surface area contributed by atoms with Crippen LogP contribution in [0.4, 0.5) is 0 Å². The summed E-state index contributed by atoms with van der Waals surface area (Å²) in [5, 5.41) is 0. The van der Waals surface area contributed by atoms with Crippen molar-refractivity contribution < 1.29 is 59.1 Å². The summed E-state index contributed by atoms with van der Waals surface area (Å²) in [5.74, 6) is 0. The quantitative estimate of drug-likeness (QED) is 0.234. The minimum atomic E-state index is -4.67. The maximum absolute atomic E-state index is 9.44. The van der Waals surface area contributed by atoms with Crippen LogP contribution in [0.1, 0.15) is 0 Å². The van der Waals surface area contributed by atoms with Gasteiger partial charge in [-0.25, -0.2) is 0 Å². The van der Waals surface area contributed by atoms with Gasteiger partial charge < -0.3 is 0 Å². The number of rotatable bonds is 2. The Morgan fingerprint density at radius 2 is 1.25 bits per heavy atom. The molecular formula is H3O9S2Ti. The minimum absolute atomic E-state index is 0.966. The van der Waals surface area contributed by atoms with E-state index in [1.165, 1.54) is 0 Å². The van der Waals surface area contributed by atoms with Crippen molar-refractivity contribution in [3.05, 3.63) is 0 Å². The summed E-state index contributed by atoms with van der Waals surface area (Å²) in [6.45, 7) is 0. The molecule has 3 N–H and O–H groups in total. The summed E-state index contributed by atoms with van der Waals surface area (Å²) in [6, 6.07) is 0. The molecule has 0 radical (unpaired) electrons. The monoisotopic (exact) mass is 259 g/mol. The predicted molar refractivity (Wildman–Crippen MR) is 27.9 cm³/mol. The van der Waals surface area contributed by atoms with Crippen LogP contribution in [0.3, 0.4) is 0 Å². The van der Waals surface area contributed by atoms with E-state index in [1.54, 1.807) is 0 Å². The molecule has 0 aliphatic rings. The van der Waals surface area contributed by atoms with Crippen molar-refractivity contribution >= 4 is 20.8 Å². The summed E-state index contributed by atoms with van der Waals surface area (Å²) < 4.78 is 64.9. The molecule has 0 saturated carbocycles. The Morgan fingerprint density at radius 1 is 1.00 bits per heavy atom. The van der Waals surface area contributed by atoms with Gasteiger partial charge in [0.15, 0.2) is 0 Å². The third-order valence-electron chi connectivity index (χ3n) is 0.120. The van der Waals surface area contributed by atoms with E-state index in [2.05, 4.69) is 7.80 Å². The summed E-state index contributed by atoms with van der Waals surface area (Å²) in [4.78, 5) is 0. The second kappa shape index (κ2) is 5.96. The van der Waals surface area contributed by atoms with Crippen molar-refractivity contribution in [2.45, 2.75) is 0 Å². The SMILES string of the molecule is O=S(=O)(O)O.O=S(=O)(O)O[O][Ti]. The van der Waals surface area contributed by atoms with Gasteiger partial charge in [0.2, 0.25) is 0 Å². The molecule has 12 heteroatoms. The fourth-order valence-corrected chi connectivity index (χ4v) is 0.532. The van der Waals surface area contributed by atoms with Crippen LogP contribution in [0.15, 0.2) is 0 Å². The van der Waals surface area contributed by atoms with Crippen LogP contribution in [0, 0.1) is 0 Å². The molecule has 0 aromatic rings. The molecule has 0 atom stereocenters. The van der Waals surface area contributed by atoms with Gasteiger partial charge in [-0.1, -0.05) is 0 Å². The fourth-order valence-electron chi connectivity index (χ4n) is 0.0430. The van der Waals surface area contributed by atoms with E-state index < -0.39 is 20.8 Å². The second-order valence-corrected chi connectivity index (χ2v) is 3.17. The second-order valence-electron chi connectivity index (χ2n) is 1.03. The van der Waals surface area contributed by atoms with Crippen molar-refractivity contribution in [1.82, 2.24) is 0 Å². The number of hydrogen-bond acceptors (Lipinski definition) is 6. The molecule has 0 unspecified atom stereocenters. The Kier molecular flexibility index (Phi) is 7.40. The molecule has 0 spiro atoms. The van der Waals surface area contributed by atoms with E-state index >= 15 is 0 Å². The zero-order valence-corrected chi connectivity index (χ0v) is 8.30. The summed E-state index contributed by atoms with van der Waals surface area (Å²) in [7, 11) is -9.06. The summed E-state index contributed by atoms with van der Waals surface area (Å²) >= 11 is 0.966. The molecule has 0 fully saturated rings. The normalized spacial score (nSPS) is 11.5. The molecule has 0 saturated heterocycles. The third kappa shape index (κ3) is 47.4. The van der Waals surface area contributed by atoms with Gasteiger partial charge >= 0.3 is 62.4 Å². The predicted octanol–water partition coefficient (Wildman–Crippen LogP) is -1.45. The summed E-state index contributed by atoms with van der Waals surface area (Å²) in [5.41, 5.74) is 0. The molecule has 0 aliphatic carbocycles. The van der Waals surface area contributed by atoms with E-state index in [1.807, 2.05) is 0 Å². The molecule has 0 heterocycles. The molecule has 0 aromatic heterocycles. The van der Waals surface area contributed by atoms with Crippen LogP contribution in [0.5, 0.6) is 0 Å². The molecule has 0 aliphatic heterocycles. The zero-order valence-electron chi connectivity index (χ0n) is 5.11. The molecule has 0 rings (SSSR count). The average molecular weight is 259 g/mol. The fraction of sp³-hybridized carbons (Fsp3) is 0. The third-order valence-corrected chi connectivity index (χ3v) is 0.679. The molecule has 73 valence electrons. The van der Waals surface area contributed by atoms with Gasteiger partial charge in [-0.05, 0) is 0 Å². The van der Waals surface area contributed by atoms with Gasteiger partial charge in [-0.15, -0.1) is 0 Å². The van der Waals surface area contributed by atoms with Crippen molar-refractivity contribution in [1.29, 1.82) is 0 Å². The first-order valence-corrected chi connectivity index (χ1v) is 5.15. The van der Waals surface area contributed by atoms with Crippen molar-refractivity contribution in [3.63, 3.8) is 0 Å². The van der Waals surface area contributed by atoms with E-state index in [0.717, 1.165) is 20.8 Å². The van der Waals surface area contributed by atoms with E-state index in [-0.39, 0.29) is 0 Å². The first kappa shape index (κ1) is 14.9. The van der Waals surface area contributed by atoms with Gasteiger partial charge in [-0.3, -0.25) is 9.11 Å². The van der Waals surface area contributed by atoms with Crippen LogP contribution in [0.2, 0.25) is 0 Å². The topological polar surface area (TPSA) is 147 Å². The van der Waals surface area contributed by atoms with Gasteiger partial charge in [0, 0.05) is 0 Å². The standard InChI is InChI=1S/H2O5S.H2O4S.Ti/c1-5-6(2,3)4;1-5(2,3)4;/h1H,(H,2,3,4);(H2,1,2,3,4);/q;;+1/p-1. The molecule has 0 aromatic carbocycles. The average Bonchev–Trinajstić information content (AvgIpc) is 1.54. The molecule has 0 bridgehead atoms. The van der Waals surface area contributed by atoms with E-state index in [4.69, 9.17) is 22.1 Å². The van der Waals surface area contributed by atoms with Crippen LogP contribution in [-0.4, -0.2) is 30.5 Å². The Balaban J connectivity index is 0. The Hall–Kier alpha value is 0.414. The van der Waals surface area contributed by atoms with Crippen molar-refractivity contribution in [3.8, 4) is 0 Å². The van der Waals surface area contributed by atoms with Crippen LogP contribution in [0.25, 0.3) is 0 Å². The van der Waals surface area contributed by atoms with Crippen LogP contribution in [-0.2, 0) is 49.4 Å². The van der Waals surface area contributed by atoms with Gasteiger partial charge in [-0.2, -0.15) is 8.42 Å². The van der Waals surface area contributed by atoms with Gasteiger partial charge in [0.25, 0.3) is 0 Å². The molecular weight excluding hydrogens is 256 g/mol. The Bertz CT molecular complexity index is 272. The van der Waals surface area contributed by atoms with Crippen molar-refractivity contribution in [2.24, 2.45) is 0 Å². The van der Waals surface area contributed by atoms with Gasteiger partial charge in [0.05, 0.1) is 0 Å². The Morgan fingerprint density at radius 3 is 1.25 bits per heavy atom. The Labute approximate surface area is 80.0 Å². The maximum atomic E-state index is 9.44. The van der Waals surface area contributed by atoms with Crippen molar-refractivity contribution in [2.75, 3.05) is 0 Å². The number of hydrogen-bond donors (Lipinski definition) is 3. The van der Waals surface area contributed by atoms with E-state index in [9.17, 15) is 8.42 Å². The molecule has 9 nitrogen and oxygen atoms in total. The first-order valence-electron chi connectivity index (χ1n) is 1.75. The first-order chi connectivity index (χ1) is 5.06. The summed E-state index contributed by atoms with van der Waals surface area (Å²) in [6.07, 6.45) is 0. The molecule has 12 heavy (non-hydrogen) atoms. The van der Waals surface area contributed by atoms with E-state index in [0.29, 0.717) is 0 Å². The van der Waals surface area contributed by atoms with Gasteiger partial charge in [0.1, 0.15) is 0 Å². The molecule has 0 amide bonds. The van der Waals surface area contributed by atoms with Crippen LogP contribution >= 0.6 is 0 Å². The van der Waals surface area contributed by atoms with Crippen LogP contribution < -0.4 is 0 Å². The zero-order chi connectivity index (χ0) is 10.4.